The Hall–Kier alpha value is -1.46. The topological polar surface area (TPSA) is 58.2 Å². The van der Waals surface area contributed by atoms with E-state index in [9.17, 15) is 4.79 Å². The van der Waals surface area contributed by atoms with Crippen molar-refractivity contribution in [3.05, 3.63) is 40.6 Å². The molecular weight excluding hydrogens is 230 g/mol. The van der Waals surface area contributed by atoms with Crippen molar-refractivity contribution < 1.29 is 4.74 Å². The molecule has 0 saturated heterocycles. The molecule has 0 unspecified atom stereocenters. The monoisotopic (exact) mass is 251 g/mol. The predicted octanol–water partition coefficient (Wildman–Crippen LogP) is 1.27. The molecule has 100 valence electrons. The predicted molar refractivity (Wildman–Crippen MR) is 71.7 cm³/mol. The van der Waals surface area contributed by atoms with Gasteiger partial charge in [-0.2, -0.15) is 0 Å². The van der Waals surface area contributed by atoms with Gasteiger partial charge < -0.3 is 9.72 Å². The molecule has 0 aliphatic rings. The Balaban J connectivity index is 2.89. The zero-order chi connectivity index (χ0) is 13.5. The summed E-state index contributed by atoms with van der Waals surface area (Å²) in [5.74, 6) is 0.679. The van der Waals surface area contributed by atoms with Crippen LogP contribution in [0, 0.1) is 6.92 Å². The molecule has 1 aromatic rings. The fourth-order valence-electron chi connectivity index (χ4n) is 1.79. The van der Waals surface area contributed by atoms with Gasteiger partial charge in [0, 0.05) is 32.0 Å². The van der Waals surface area contributed by atoms with Gasteiger partial charge in [-0.3, -0.25) is 9.69 Å². The normalized spacial score (nSPS) is 12.7. The Morgan fingerprint density at radius 1 is 1.67 bits per heavy atom. The van der Waals surface area contributed by atoms with Crippen LogP contribution in [0.4, 0.5) is 0 Å². The maximum absolute atomic E-state index is 11.5. The van der Waals surface area contributed by atoms with Crippen molar-refractivity contribution in [1.82, 2.24) is 14.9 Å². The van der Waals surface area contributed by atoms with Gasteiger partial charge in [-0.05, 0) is 13.8 Å². The van der Waals surface area contributed by atoms with Gasteiger partial charge in [-0.1, -0.05) is 6.08 Å². The van der Waals surface area contributed by atoms with Crippen LogP contribution in [0.15, 0.2) is 23.5 Å². The van der Waals surface area contributed by atoms with Crippen LogP contribution in [0.2, 0.25) is 0 Å². The highest BCUT2D eigenvalue weighted by molar-refractivity contribution is 5.03. The summed E-state index contributed by atoms with van der Waals surface area (Å²) in [6.45, 7) is 9.70. The van der Waals surface area contributed by atoms with Crippen molar-refractivity contribution in [2.24, 2.45) is 0 Å². The van der Waals surface area contributed by atoms with Crippen LogP contribution in [0.25, 0.3) is 0 Å². The molecule has 5 nitrogen and oxygen atoms in total. The molecule has 0 radical (unpaired) electrons. The molecule has 0 spiro atoms. The molecule has 0 amide bonds. The van der Waals surface area contributed by atoms with Crippen molar-refractivity contribution in [1.29, 1.82) is 0 Å². The maximum atomic E-state index is 11.5. The number of methoxy groups -OCH3 is 1. The van der Waals surface area contributed by atoms with Crippen molar-refractivity contribution in [2.45, 2.75) is 19.9 Å². The number of rotatable bonds is 7. The van der Waals surface area contributed by atoms with E-state index in [1.165, 1.54) is 6.07 Å². The average molecular weight is 251 g/mol. The van der Waals surface area contributed by atoms with Crippen LogP contribution in [-0.4, -0.2) is 41.7 Å². The largest absolute Gasteiger partial charge is 0.383 e. The summed E-state index contributed by atoms with van der Waals surface area (Å²) in [4.78, 5) is 20.8. The number of ether oxygens (including phenoxy) is 1. The zero-order valence-electron chi connectivity index (χ0n) is 11.3. The number of aryl methyl sites for hydroxylation is 1. The third-order valence-electron chi connectivity index (χ3n) is 2.78. The van der Waals surface area contributed by atoms with E-state index in [2.05, 4.69) is 21.4 Å². The Morgan fingerprint density at radius 2 is 2.39 bits per heavy atom. The Morgan fingerprint density at radius 3 is 2.94 bits per heavy atom. The van der Waals surface area contributed by atoms with E-state index >= 15 is 0 Å². The van der Waals surface area contributed by atoms with Crippen LogP contribution in [-0.2, 0) is 4.74 Å². The fourth-order valence-corrected chi connectivity index (χ4v) is 1.79. The molecule has 0 saturated carbocycles. The van der Waals surface area contributed by atoms with Gasteiger partial charge in [0.05, 0.1) is 12.6 Å². The van der Waals surface area contributed by atoms with E-state index in [1.807, 2.05) is 19.9 Å². The Bertz CT molecular complexity index is 442. The quantitative estimate of drug-likeness (QED) is 0.742. The smallest absolute Gasteiger partial charge is 0.251 e. The molecule has 0 bridgehead atoms. The summed E-state index contributed by atoms with van der Waals surface area (Å²) in [5, 5.41) is 0. The molecule has 1 heterocycles. The summed E-state index contributed by atoms with van der Waals surface area (Å²) in [7, 11) is 1.67. The molecule has 1 atom stereocenters. The van der Waals surface area contributed by atoms with Gasteiger partial charge in [-0.15, -0.1) is 6.58 Å². The minimum atomic E-state index is -0.116. The summed E-state index contributed by atoms with van der Waals surface area (Å²) in [6, 6.07) is 1.51. The van der Waals surface area contributed by atoms with E-state index in [0.717, 1.165) is 18.8 Å². The molecule has 1 N–H and O–H groups in total. The lowest BCUT2D eigenvalue weighted by molar-refractivity contribution is 0.131. The van der Waals surface area contributed by atoms with Crippen molar-refractivity contribution >= 4 is 0 Å². The van der Waals surface area contributed by atoms with Crippen molar-refractivity contribution in [3.8, 4) is 0 Å². The second-order valence-corrected chi connectivity index (χ2v) is 4.22. The minimum absolute atomic E-state index is 0.0192. The zero-order valence-corrected chi connectivity index (χ0v) is 11.3. The van der Waals surface area contributed by atoms with Gasteiger partial charge in [-0.25, -0.2) is 4.98 Å². The number of hydrogen-bond donors (Lipinski definition) is 1. The van der Waals surface area contributed by atoms with Crippen molar-refractivity contribution in [2.75, 3.05) is 26.8 Å². The number of H-pyrrole nitrogens is 1. The number of aromatic nitrogens is 2. The van der Waals surface area contributed by atoms with Gasteiger partial charge in [0.25, 0.3) is 5.56 Å². The maximum Gasteiger partial charge on any atom is 0.251 e. The third-order valence-corrected chi connectivity index (χ3v) is 2.78. The molecule has 5 heteroatoms. The first kappa shape index (κ1) is 14.6. The summed E-state index contributed by atoms with van der Waals surface area (Å²) >= 11 is 0. The lowest BCUT2D eigenvalue weighted by atomic mass is 10.2. The molecule has 1 rings (SSSR count). The highest BCUT2D eigenvalue weighted by Crippen LogP contribution is 2.15. The second-order valence-electron chi connectivity index (χ2n) is 4.22. The summed E-state index contributed by atoms with van der Waals surface area (Å²) < 4.78 is 5.08. The molecular formula is C13H21N3O2. The number of nitrogens with one attached hydrogen (secondary N) is 1. The van der Waals surface area contributed by atoms with Gasteiger partial charge in [0.1, 0.15) is 5.82 Å². The fraction of sp³-hybridized carbons (Fsp3) is 0.538. The Labute approximate surface area is 108 Å². The Kier molecular flexibility index (Phi) is 5.74. The van der Waals surface area contributed by atoms with E-state index in [4.69, 9.17) is 4.74 Å². The molecule has 1 aromatic heterocycles. The van der Waals surface area contributed by atoms with Crippen LogP contribution < -0.4 is 5.56 Å². The minimum Gasteiger partial charge on any atom is -0.383 e. The molecule has 0 aliphatic carbocycles. The second kappa shape index (κ2) is 7.08. The van der Waals surface area contributed by atoms with Crippen LogP contribution in [0.5, 0.6) is 0 Å². The standard InChI is InChI=1S/C13H21N3O2/c1-5-6-16(7-8-18-4)11(3)13-14-10(2)9-12(17)15-13/h5,9,11H,1,6-8H2,2-4H3,(H,14,15,17)/t11-/m0/s1. The molecule has 0 aromatic carbocycles. The highest BCUT2D eigenvalue weighted by Gasteiger charge is 2.16. The van der Waals surface area contributed by atoms with Crippen LogP contribution in [0.1, 0.15) is 24.5 Å². The highest BCUT2D eigenvalue weighted by atomic mass is 16.5. The van der Waals surface area contributed by atoms with Gasteiger partial charge in [0.2, 0.25) is 0 Å². The average Bonchev–Trinajstić information content (AvgIpc) is 2.32. The first-order valence-corrected chi connectivity index (χ1v) is 6.00. The summed E-state index contributed by atoms with van der Waals surface area (Å²) in [6.07, 6.45) is 1.83. The van der Waals surface area contributed by atoms with Crippen molar-refractivity contribution in [3.63, 3.8) is 0 Å². The first-order valence-electron chi connectivity index (χ1n) is 6.00. The SMILES string of the molecule is C=CCN(CCOC)[C@@H](C)c1nc(C)cc(=O)[nH]1. The van der Waals surface area contributed by atoms with Crippen LogP contribution >= 0.6 is 0 Å². The van der Waals surface area contributed by atoms with E-state index < -0.39 is 0 Å². The van der Waals surface area contributed by atoms with Gasteiger partial charge >= 0.3 is 0 Å². The molecule has 18 heavy (non-hydrogen) atoms. The van der Waals surface area contributed by atoms with Crippen LogP contribution in [0.3, 0.4) is 0 Å². The van der Waals surface area contributed by atoms with E-state index in [-0.39, 0.29) is 11.6 Å². The summed E-state index contributed by atoms with van der Waals surface area (Å²) in [5.41, 5.74) is 0.612. The number of aromatic amines is 1. The first-order chi connectivity index (χ1) is 8.58. The lowest BCUT2D eigenvalue weighted by Crippen LogP contribution is -2.32. The molecule has 0 aliphatic heterocycles. The molecule has 0 fully saturated rings. The van der Waals surface area contributed by atoms with E-state index in [1.54, 1.807) is 7.11 Å². The third kappa shape index (κ3) is 4.09. The van der Waals surface area contributed by atoms with E-state index in [0.29, 0.717) is 12.4 Å². The van der Waals surface area contributed by atoms with Gasteiger partial charge in [0.15, 0.2) is 0 Å². The number of hydrogen-bond acceptors (Lipinski definition) is 4. The number of nitrogens with zero attached hydrogens (tertiary/aromatic N) is 2. The lowest BCUT2D eigenvalue weighted by Gasteiger charge is -2.26.